The van der Waals surface area contributed by atoms with E-state index in [2.05, 4.69) is 26.6 Å². The van der Waals surface area contributed by atoms with Crippen LogP contribution < -0.4 is 26.6 Å². The highest BCUT2D eigenvalue weighted by molar-refractivity contribution is 6.30. The molecule has 2 heterocycles. The highest BCUT2D eigenvalue weighted by Gasteiger charge is 2.36. The largest absolute Gasteiger partial charge is 0.368 e. The van der Waals surface area contributed by atoms with E-state index in [4.69, 9.17) is 11.6 Å². The number of anilines is 2. The molecule has 0 aliphatic carbocycles. The Balaban J connectivity index is 1.35. The van der Waals surface area contributed by atoms with E-state index in [1.165, 1.54) is 12.1 Å². The van der Waals surface area contributed by atoms with E-state index in [1.807, 2.05) is 17.0 Å². The van der Waals surface area contributed by atoms with Crippen LogP contribution in [0, 0.1) is 5.82 Å². The number of piperazine rings is 1. The molecule has 0 saturated carbocycles. The molecule has 4 N–H and O–H groups in total. The molecule has 2 fully saturated rings. The summed E-state index contributed by atoms with van der Waals surface area (Å²) in [5.74, 6) is -0.230. The second kappa shape index (κ2) is 8.32. The van der Waals surface area contributed by atoms with Gasteiger partial charge in [-0.2, -0.15) is 5.53 Å². The summed E-state index contributed by atoms with van der Waals surface area (Å²) in [7, 11) is 0. The van der Waals surface area contributed by atoms with Gasteiger partial charge in [-0.05, 0) is 48.5 Å². The lowest BCUT2D eigenvalue weighted by Gasteiger charge is -2.37. The molecule has 2 aromatic rings. The van der Waals surface area contributed by atoms with E-state index < -0.39 is 6.04 Å². The first-order valence-corrected chi connectivity index (χ1v) is 9.55. The van der Waals surface area contributed by atoms with Crippen molar-refractivity contribution in [2.45, 2.75) is 12.2 Å². The zero-order valence-electron chi connectivity index (χ0n) is 15.2. The van der Waals surface area contributed by atoms with E-state index in [0.717, 1.165) is 11.4 Å². The van der Waals surface area contributed by atoms with Gasteiger partial charge in [0.1, 0.15) is 18.0 Å². The molecule has 0 bridgehead atoms. The molecule has 148 valence electrons. The van der Waals surface area contributed by atoms with E-state index in [9.17, 15) is 9.18 Å². The molecule has 2 saturated heterocycles. The van der Waals surface area contributed by atoms with Crippen molar-refractivity contribution >= 4 is 28.9 Å². The molecule has 2 aliphatic rings. The van der Waals surface area contributed by atoms with Crippen LogP contribution in [0.4, 0.5) is 15.8 Å². The van der Waals surface area contributed by atoms with Crippen LogP contribution in [-0.4, -0.2) is 49.2 Å². The van der Waals surface area contributed by atoms with E-state index >= 15 is 0 Å². The number of nitrogens with one attached hydrogen (secondary N) is 4. The zero-order valence-corrected chi connectivity index (χ0v) is 15.9. The molecule has 7 nitrogen and oxygen atoms in total. The van der Waals surface area contributed by atoms with Gasteiger partial charge in [0.05, 0.1) is 0 Å². The lowest BCUT2D eigenvalue weighted by molar-refractivity contribution is -0.133. The van der Waals surface area contributed by atoms with Crippen molar-refractivity contribution in [3.8, 4) is 0 Å². The molecule has 28 heavy (non-hydrogen) atoms. The topological polar surface area (TPSA) is 71.7 Å². The van der Waals surface area contributed by atoms with Gasteiger partial charge in [0.2, 0.25) is 5.91 Å². The molecule has 0 radical (unpaired) electrons. The fraction of sp³-hybridized carbons (Fsp3) is 0.316. The number of benzene rings is 2. The average Bonchev–Trinajstić information content (AvgIpc) is 3.18. The molecule has 2 atom stereocenters. The highest BCUT2D eigenvalue weighted by Crippen LogP contribution is 2.19. The summed E-state index contributed by atoms with van der Waals surface area (Å²) in [4.78, 5) is 17.0. The first kappa shape index (κ1) is 18.9. The van der Waals surface area contributed by atoms with Crippen LogP contribution in [0.1, 0.15) is 0 Å². The Morgan fingerprint density at radius 2 is 1.68 bits per heavy atom. The van der Waals surface area contributed by atoms with Crippen molar-refractivity contribution in [2.75, 3.05) is 36.4 Å². The number of hydrogen-bond donors (Lipinski definition) is 4. The van der Waals surface area contributed by atoms with Gasteiger partial charge in [-0.25, -0.2) is 15.2 Å². The normalized spacial score (nSPS) is 22.4. The first-order chi connectivity index (χ1) is 13.6. The Kier molecular flexibility index (Phi) is 5.63. The van der Waals surface area contributed by atoms with Crippen molar-refractivity contribution in [1.29, 1.82) is 0 Å². The van der Waals surface area contributed by atoms with E-state index in [0.29, 0.717) is 31.2 Å². The predicted molar refractivity (Wildman–Crippen MR) is 107 cm³/mol. The van der Waals surface area contributed by atoms with E-state index in [1.54, 1.807) is 24.3 Å². The smallest absolute Gasteiger partial charge is 0.244 e. The molecule has 2 aromatic carbocycles. The second-order valence-electron chi connectivity index (χ2n) is 6.81. The van der Waals surface area contributed by atoms with Crippen LogP contribution in [0.15, 0.2) is 48.5 Å². The van der Waals surface area contributed by atoms with Crippen molar-refractivity contribution < 1.29 is 9.18 Å². The molecule has 4 rings (SSSR count). The van der Waals surface area contributed by atoms with Crippen molar-refractivity contribution in [1.82, 2.24) is 21.3 Å². The number of hydrogen-bond acceptors (Lipinski definition) is 6. The summed E-state index contributed by atoms with van der Waals surface area (Å²) in [6, 6.07) is 13.3. The molecule has 2 unspecified atom stereocenters. The maximum absolute atomic E-state index is 13.1. The summed E-state index contributed by atoms with van der Waals surface area (Å²) in [5, 5.41) is 3.95. The number of amides is 1. The van der Waals surface area contributed by atoms with Gasteiger partial charge in [0.15, 0.2) is 0 Å². The Bertz CT molecular complexity index is 810. The third-order valence-electron chi connectivity index (χ3n) is 5.00. The van der Waals surface area contributed by atoms with Crippen LogP contribution in [-0.2, 0) is 4.79 Å². The van der Waals surface area contributed by atoms with Crippen LogP contribution in [0.3, 0.4) is 0 Å². The number of rotatable bonds is 4. The van der Waals surface area contributed by atoms with Crippen LogP contribution in [0.25, 0.3) is 0 Å². The fourth-order valence-electron chi connectivity index (χ4n) is 3.45. The molecular weight excluding hydrogens is 383 g/mol. The number of nitrogens with zero attached hydrogens (tertiary/aromatic N) is 2. The van der Waals surface area contributed by atoms with Crippen molar-refractivity contribution in [2.24, 2.45) is 0 Å². The van der Waals surface area contributed by atoms with Crippen LogP contribution in [0.2, 0.25) is 5.02 Å². The Hall–Kier alpha value is -2.39. The van der Waals surface area contributed by atoms with Gasteiger partial charge >= 0.3 is 0 Å². The minimum atomic E-state index is -0.451. The van der Waals surface area contributed by atoms with Gasteiger partial charge in [-0.15, -0.1) is 0 Å². The lowest BCUT2D eigenvalue weighted by Crippen LogP contribution is -2.57. The Morgan fingerprint density at radius 1 is 1.00 bits per heavy atom. The predicted octanol–water partition coefficient (Wildman–Crippen LogP) is 1.55. The molecular formula is C19H22ClFN6O. The second-order valence-corrected chi connectivity index (χ2v) is 7.25. The highest BCUT2D eigenvalue weighted by atomic mass is 35.5. The average molecular weight is 405 g/mol. The van der Waals surface area contributed by atoms with Gasteiger partial charge in [0.25, 0.3) is 0 Å². The maximum atomic E-state index is 13.1. The van der Waals surface area contributed by atoms with Gasteiger partial charge < -0.3 is 15.1 Å². The molecule has 9 heteroatoms. The van der Waals surface area contributed by atoms with Gasteiger partial charge in [0, 0.05) is 42.6 Å². The van der Waals surface area contributed by atoms with Crippen molar-refractivity contribution in [3.05, 3.63) is 59.4 Å². The van der Waals surface area contributed by atoms with E-state index in [-0.39, 0.29) is 17.9 Å². The third kappa shape index (κ3) is 4.20. The number of carbonyl (C=O) groups is 1. The maximum Gasteiger partial charge on any atom is 0.244 e. The number of carbonyl (C=O) groups excluding carboxylic acids is 1. The zero-order chi connectivity index (χ0) is 19.5. The summed E-state index contributed by atoms with van der Waals surface area (Å²) in [6.07, 6.45) is -0.302. The fourth-order valence-corrected chi connectivity index (χ4v) is 3.57. The Morgan fingerprint density at radius 3 is 2.36 bits per heavy atom. The minimum Gasteiger partial charge on any atom is -0.368 e. The summed E-state index contributed by atoms with van der Waals surface area (Å²) in [6.45, 7) is 2.64. The van der Waals surface area contributed by atoms with Gasteiger partial charge in [-0.1, -0.05) is 11.6 Å². The number of hydrazine groups is 2. The third-order valence-corrected chi connectivity index (χ3v) is 5.26. The summed E-state index contributed by atoms with van der Waals surface area (Å²) in [5.41, 5.74) is 10.7. The summed E-state index contributed by atoms with van der Waals surface area (Å²) < 4.78 is 13.1. The molecule has 0 spiro atoms. The molecule has 0 aromatic heterocycles. The van der Waals surface area contributed by atoms with Crippen LogP contribution in [0.5, 0.6) is 0 Å². The standard InChI is InChI=1S/C19H22ClFN6O/c20-13-1-5-15(6-2-13)22-18-17(23-25-24-18)19(28)27-11-9-26(10-12-27)16-7-3-14(21)4-8-16/h1-8,17-18,22-25H,9-12H2. The lowest BCUT2D eigenvalue weighted by atomic mass is 10.1. The quantitative estimate of drug-likeness (QED) is 0.620. The molecule has 2 aliphatic heterocycles. The first-order valence-electron chi connectivity index (χ1n) is 9.17. The van der Waals surface area contributed by atoms with Gasteiger partial charge in [-0.3, -0.25) is 4.79 Å². The van der Waals surface area contributed by atoms with Crippen LogP contribution >= 0.6 is 11.6 Å². The SMILES string of the molecule is O=C(C1NNNC1Nc1ccc(Cl)cc1)N1CCN(c2ccc(F)cc2)CC1. The number of halogens is 2. The minimum absolute atomic E-state index is 0.0164. The molecule has 1 amide bonds. The summed E-state index contributed by atoms with van der Waals surface area (Å²) >= 11 is 5.92. The van der Waals surface area contributed by atoms with Crippen molar-refractivity contribution in [3.63, 3.8) is 0 Å². The monoisotopic (exact) mass is 404 g/mol. The Labute approximate surface area is 167 Å².